The highest BCUT2D eigenvalue weighted by Crippen LogP contribution is 2.29. The zero-order chi connectivity index (χ0) is 19.2. The van der Waals surface area contributed by atoms with E-state index in [-0.39, 0.29) is 24.8 Å². The van der Waals surface area contributed by atoms with Gasteiger partial charge in [-0.1, -0.05) is 27.3 Å². The molecule has 0 fully saturated rings. The molecule has 140 valence electrons. The van der Waals surface area contributed by atoms with Gasteiger partial charge in [-0.2, -0.15) is 0 Å². The van der Waals surface area contributed by atoms with Crippen molar-refractivity contribution in [2.24, 2.45) is 0 Å². The Labute approximate surface area is 169 Å². The molecule has 0 atom stereocenters. The minimum absolute atomic E-state index is 0.169. The third-order valence-electron chi connectivity index (χ3n) is 3.66. The van der Waals surface area contributed by atoms with Crippen molar-refractivity contribution >= 4 is 54.4 Å². The van der Waals surface area contributed by atoms with Gasteiger partial charge in [0.05, 0.1) is 16.8 Å². The Morgan fingerprint density at radius 3 is 2.70 bits per heavy atom. The molecule has 1 aromatic heterocycles. The van der Waals surface area contributed by atoms with Crippen LogP contribution >= 0.6 is 27.3 Å². The summed E-state index contributed by atoms with van der Waals surface area (Å²) >= 11 is 4.71. The maximum Gasteiger partial charge on any atom is 0.251 e. The predicted molar refractivity (Wildman–Crippen MR) is 111 cm³/mol. The third kappa shape index (κ3) is 5.27. The second kappa shape index (κ2) is 8.96. The number of anilines is 1. The Hall–Kier alpha value is -2.45. The van der Waals surface area contributed by atoms with E-state index >= 15 is 0 Å². The van der Waals surface area contributed by atoms with Crippen LogP contribution in [-0.4, -0.2) is 29.9 Å². The Balaban J connectivity index is 1.51. The average Bonchev–Trinajstić information content (AvgIpc) is 3.03. The fourth-order valence-corrected chi connectivity index (χ4v) is 3.56. The van der Waals surface area contributed by atoms with Crippen molar-refractivity contribution in [3.05, 3.63) is 52.5 Å². The van der Waals surface area contributed by atoms with Crippen molar-refractivity contribution in [1.82, 2.24) is 10.3 Å². The van der Waals surface area contributed by atoms with Gasteiger partial charge >= 0.3 is 0 Å². The molecule has 0 aliphatic rings. The van der Waals surface area contributed by atoms with Crippen LogP contribution in [0.4, 0.5) is 5.13 Å². The number of aromatic nitrogens is 1. The van der Waals surface area contributed by atoms with Crippen LogP contribution in [0.3, 0.4) is 0 Å². The normalized spacial score (nSPS) is 10.6. The van der Waals surface area contributed by atoms with E-state index in [2.05, 4.69) is 31.5 Å². The highest BCUT2D eigenvalue weighted by molar-refractivity contribution is 9.10. The maximum absolute atomic E-state index is 12.1. The van der Waals surface area contributed by atoms with E-state index in [1.807, 2.05) is 25.1 Å². The fourth-order valence-electron chi connectivity index (χ4n) is 2.39. The van der Waals surface area contributed by atoms with Crippen LogP contribution in [0.2, 0.25) is 0 Å². The lowest BCUT2D eigenvalue weighted by molar-refractivity contribution is -0.116. The largest absolute Gasteiger partial charge is 0.494 e. The van der Waals surface area contributed by atoms with Crippen molar-refractivity contribution in [3.8, 4) is 5.75 Å². The van der Waals surface area contributed by atoms with E-state index < -0.39 is 0 Å². The number of ether oxygens (including phenoxy) is 1. The average molecular weight is 448 g/mol. The molecule has 8 heteroatoms. The van der Waals surface area contributed by atoms with Crippen LogP contribution in [-0.2, 0) is 4.79 Å². The zero-order valence-corrected chi connectivity index (χ0v) is 17.0. The molecule has 0 saturated heterocycles. The predicted octanol–water partition coefficient (Wildman–Crippen LogP) is 4.22. The number of rotatable bonds is 7. The minimum Gasteiger partial charge on any atom is -0.494 e. The number of fused-ring (bicyclic) bond motifs is 1. The summed E-state index contributed by atoms with van der Waals surface area (Å²) in [6, 6.07) is 12.7. The SMILES string of the molecule is CCOc1ccc2nc(NC(=O)CCNC(=O)c3ccc(Br)cc3)sc2c1. The molecular weight excluding hydrogens is 430 g/mol. The molecular formula is C19H18BrN3O3S. The van der Waals surface area contributed by atoms with E-state index in [4.69, 9.17) is 4.74 Å². The second-order valence-electron chi connectivity index (χ2n) is 5.64. The Morgan fingerprint density at radius 2 is 1.96 bits per heavy atom. The molecule has 0 spiro atoms. The summed E-state index contributed by atoms with van der Waals surface area (Å²) in [7, 11) is 0. The second-order valence-corrected chi connectivity index (χ2v) is 7.59. The number of benzene rings is 2. The van der Waals surface area contributed by atoms with Gasteiger partial charge in [-0.15, -0.1) is 0 Å². The summed E-state index contributed by atoms with van der Waals surface area (Å²) in [6.07, 6.45) is 0.169. The summed E-state index contributed by atoms with van der Waals surface area (Å²) in [5.41, 5.74) is 1.36. The lowest BCUT2D eigenvalue weighted by Gasteiger charge is -2.05. The van der Waals surface area contributed by atoms with Crippen LogP contribution in [0.1, 0.15) is 23.7 Å². The van der Waals surface area contributed by atoms with Gasteiger partial charge in [0.1, 0.15) is 5.75 Å². The van der Waals surface area contributed by atoms with Gasteiger partial charge in [0.15, 0.2) is 5.13 Å². The number of halogens is 1. The number of thiazole rings is 1. The molecule has 0 aliphatic heterocycles. The molecule has 1 heterocycles. The van der Waals surface area contributed by atoms with Crippen LogP contribution < -0.4 is 15.4 Å². The van der Waals surface area contributed by atoms with E-state index in [0.717, 1.165) is 20.4 Å². The van der Waals surface area contributed by atoms with Gasteiger partial charge in [-0.3, -0.25) is 9.59 Å². The maximum atomic E-state index is 12.1. The fraction of sp³-hybridized carbons (Fsp3) is 0.211. The number of hydrogen-bond acceptors (Lipinski definition) is 5. The van der Waals surface area contributed by atoms with Gasteiger partial charge in [0.2, 0.25) is 5.91 Å². The number of amides is 2. The molecule has 0 saturated carbocycles. The van der Waals surface area contributed by atoms with Crippen LogP contribution in [0, 0.1) is 0 Å². The number of carbonyl (C=O) groups is 2. The lowest BCUT2D eigenvalue weighted by Crippen LogP contribution is -2.27. The number of nitrogens with one attached hydrogen (secondary N) is 2. The van der Waals surface area contributed by atoms with Crippen molar-refractivity contribution in [2.45, 2.75) is 13.3 Å². The van der Waals surface area contributed by atoms with Crippen LogP contribution in [0.25, 0.3) is 10.2 Å². The molecule has 27 heavy (non-hydrogen) atoms. The summed E-state index contributed by atoms with van der Waals surface area (Å²) < 4.78 is 7.32. The summed E-state index contributed by atoms with van der Waals surface area (Å²) in [5, 5.41) is 6.04. The number of nitrogens with zero attached hydrogens (tertiary/aromatic N) is 1. The Morgan fingerprint density at radius 1 is 1.19 bits per heavy atom. The quantitative estimate of drug-likeness (QED) is 0.568. The van der Waals surface area contributed by atoms with Crippen molar-refractivity contribution in [3.63, 3.8) is 0 Å². The molecule has 3 rings (SSSR count). The summed E-state index contributed by atoms with van der Waals surface area (Å²) in [4.78, 5) is 28.5. The minimum atomic E-state index is -0.209. The molecule has 2 amide bonds. The molecule has 3 aromatic rings. The highest BCUT2D eigenvalue weighted by atomic mass is 79.9. The van der Waals surface area contributed by atoms with Crippen LogP contribution in [0.5, 0.6) is 5.75 Å². The van der Waals surface area contributed by atoms with E-state index in [0.29, 0.717) is 17.3 Å². The first-order chi connectivity index (χ1) is 13.0. The summed E-state index contributed by atoms with van der Waals surface area (Å²) in [5.74, 6) is 0.371. The van der Waals surface area contributed by atoms with Crippen molar-refractivity contribution in [1.29, 1.82) is 0 Å². The van der Waals surface area contributed by atoms with Crippen molar-refractivity contribution in [2.75, 3.05) is 18.5 Å². The first-order valence-electron chi connectivity index (χ1n) is 8.42. The molecule has 2 N–H and O–H groups in total. The topological polar surface area (TPSA) is 80.3 Å². The van der Waals surface area contributed by atoms with Gasteiger partial charge in [0, 0.05) is 23.0 Å². The van der Waals surface area contributed by atoms with E-state index in [1.165, 1.54) is 11.3 Å². The third-order valence-corrected chi connectivity index (χ3v) is 5.12. The van der Waals surface area contributed by atoms with Gasteiger partial charge < -0.3 is 15.4 Å². The van der Waals surface area contributed by atoms with Crippen LogP contribution in [0.15, 0.2) is 46.9 Å². The summed E-state index contributed by atoms with van der Waals surface area (Å²) in [6.45, 7) is 2.78. The first kappa shape index (κ1) is 19.3. The molecule has 0 bridgehead atoms. The van der Waals surface area contributed by atoms with E-state index in [1.54, 1.807) is 24.3 Å². The smallest absolute Gasteiger partial charge is 0.251 e. The molecule has 0 aliphatic carbocycles. The number of hydrogen-bond donors (Lipinski definition) is 2. The zero-order valence-electron chi connectivity index (χ0n) is 14.6. The molecule has 0 unspecified atom stereocenters. The van der Waals surface area contributed by atoms with Crippen molar-refractivity contribution < 1.29 is 14.3 Å². The Kier molecular flexibility index (Phi) is 6.41. The molecule has 0 radical (unpaired) electrons. The number of carbonyl (C=O) groups excluding carboxylic acids is 2. The first-order valence-corrected chi connectivity index (χ1v) is 10.0. The standard InChI is InChI=1S/C19H18BrN3O3S/c1-2-26-14-7-8-15-16(11-14)27-19(22-15)23-17(24)9-10-21-18(25)12-3-5-13(20)6-4-12/h3-8,11H,2,9-10H2,1H3,(H,21,25)(H,22,23,24). The van der Waals surface area contributed by atoms with Gasteiger partial charge in [-0.25, -0.2) is 4.98 Å². The van der Waals surface area contributed by atoms with Gasteiger partial charge in [-0.05, 0) is 49.4 Å². The molecule has 6 nitrogen and oxygen atoms in total. The van der Waals surface area contributed by atoms with E-state index in [9.17, 15) is 9.59 Å². The highest BCUT2D eigenvalue weighted by Gasteiger charge is 2.10. The van der Waals surface area contributed by atoms with Gasteiger partial charge in [0.25, 0.3) is 5.91 Å². The Bertz CT molecular complexity index is 956. The monoisotopic (exact) mass is 447 g/mol. The lowest BCUT2D eigenvalue weighted by atomic mass is 10.2. The molecule has 2 aromatic carbocycles.